The molecule has 0 spiro atoms. The molecule has 0 aromatic heterocycles. The van der Waals surface area contributed by atoms with Gasteiger partial charge in [0.1, 0.15) is 0 Å². The largest absolute Gasteiger partial charge is 0.417 e. The molecule has 2 aromatic rings. The summed E-state index contributed by atoms with van der Waals surface area (Å²) in [5.41, 5.74) is 0.578. The van der Waals surface area contributed by atoms with Crippen LogP contribution in [-0.4, -0.2) is 6.54 Å². The van der Waals surface area contributed by atoms with Gasteiger partial charge in [0.2, 0.25) is 0 Å². The molecule has 0 saturated heterocycles. The van der Waals surface area contributed by atoms with E-state index in [4.69, 9.17) is 23.2 Å². The Hall–Kier alpha value is -0.910. The van der Waals surface area contributed by atoms with Gasteiger partial charge in [0.15, 0.2) is 0 Å². The lowest BCUT2D eigenvalue weighted by molar-refractivity contribution is -0.137. The Morgan fingerprint density at radius 3 is 2.25 bits per heavy atom. The van der Waals surface area contributed by atoms with Crippen LogP contribution in [-0.2, 0) is 6.18 Å². The Morgan fingerprint density at radius 2 is 1.71 bits per heavy atom. The first-order valence-corrected chi connectivity index (χ1v) is 8.78. The molecule has 1 unspecified atom stereocenters. The van der Waals surface area contributed by atoms with Gasteiger partial charge in [0.25, 0.3) is 0 Å². The number of benzene rings is 2. The van der Waals surface area contributed by atoms with Gasteiger partial charge in [0.05, 0.1) is 21.7 Å². The second-order valence-corrected chi connectivity index (χ2v) is 6.97. The van der Waals surface area contributed by atoms with E-state index in [0.717, 1.165) is 16.1 Å². The Labute approximate surface area is 157 Å². The predicted octanol–water partition coefficient (Wildman–Crippen LogP) is 7.36. The molecule has 0 aliphatic carbocycles. The molecule has 1 atom stereocenters. The van der Waals surface area contributed by atoms with E-state index in [-0.39, 0.29) is 11.1 Å². The molecule has 0 aliphatic heterocycles. The summed E-state index contributed by atoms with van der Waals surface area (Å²) in [5, 5.41) is 0.282. The third-order valence-corrected chi connectivity index (χ3v) is 5.36. The van der Waals surface area contributed by atoms with Gasteiger partial charge in [0, 0.05) is 16.7 Å². The van der Waals surface area contributed by atoms with Gasteiger partial charge in [-0.15, -0.1) is 0 Å². The van der Waals surface area contributed by atoms with Crippen LogP contribution in [0.15, 0.2) is 40.9 Å². The molecule has 0 bridgehead atoms. The van der Waals surface area contributed by atoms with Gasteiger partial charge >= 0.3 is 6.18 Å². The van der Waals surface area contributed by atoms with Crippen LogP contribution in [0.3, 0.4) is 0 Å². The molecule has 7 heteroatoms. The summed E-state index contributed by atoms with van der Waals surface area (Å²) in [6.07, 6.45) is -4.49. The van der Waals surface area contributed by atoms with Crippen molar-refractivity contribution in [2.24, 2.45) is 0 Å². The SMILES string of the molecule is CCN(c1ccc(Cl)c(C(F)(F)F)c1)C(C)c1ccc(Cl)c(Br)c1. The summed E-state index contributed by atoms with van der Waals surface area (Å²) < 4.78 is 40.0. The van der Waals surface area contributed by atoms with Crippen LogP contribution in [0, 0.1) is 0 Å². The lowest BCUT2D eigenvalue weighted by atomic mass is 10.1. The van der Waals surface area contributed by atoms with Crippen molar-refractivity contribution < 1.29 is 13.2 Å². The number of halogens is 6. The Kier molecular flexibility index (Phi) is 6.10. The molecule has 0 fully saturated rings. The van der Waals surface area contributed by atoms with Gasteiger partial charge in [-0.1, -0.05) is 29.3 Å². The monoisotopic (exact) mass is 439 g/mol. The fraction of sp³-hybridized carbons (Fsp3) is 0.294. The van der Waals surface area contributed by atoms with Crippen molar-refractivity contribution in [2.75, 3.05) is 11.4 Å². The third kappa shape index (κ3) is 4.19. The van der Waals surface area contributed by atoms with Gasteiger partial charge in [-0.25, -0.2) is 0 Å². The average Bonchev–Trinajstić information content (AvgIpc) is 2.51. The van der Waals surface area contributed by atoms with Crippen LogP contribution >= 0.6 is 39.1 Å². The summed E-state index contributed by atoms with van der Waals surface area (Å²) in [4.78, 5) is 1.88. The van der Waals surface area contributed by atoms with Gasteiger partial charge < -0.3 is 4.90 Å². The van der Waals surface area contributed by atoms with Crippen molar-refractivity contribution in [1.29, 1.82) is 0 Å². The van der Waals surface area contributed by atoms with E-state index in [1.54, 1.807) is 12.1 Å². The molecule has 0 N–H and O–H groups in total. The van der Waals surface area contributed by atoms with Crippen LogP contribution in [0.4, 0.5) is 18.9 Å². The minimum atomic E-state index is -4.49. The molecule has 0 heterocycles. The molecule has 1 nitrogen and oxygen atoms in total. The summed E-state index contributed by atoms with van der Waals surface area (Å²) in [5.74, 6) is 0. The van der Waals surface area contributed by atoms with Crippen LogP contribution in [0.2, 0.25) is 10.0 Å². The van der Waals surface area contributed by atoms with Gasteiger partial charge in [-0.3, -0.25) is 0 Å². The molecular formula is C17H15BrCl2F3N. The number of hydrogen-bond donors (Lipinski definition) is 0. The summed E-state index contributed by atoms with van der Waals surface area (Å²) in [6.45, 7) is 4.37. The van der Waals surface area contributed by atoms with E-state index < -0.39 is 11.7 Å². The second-order valence-electron chi connectivity index (χ2n) is 5.30. The first-order chi connectivity index (χ1) is 11.1. The molecule has 0 amide bonds. The number of nitrogens with zero attached hydrogens (tertiary/aromatic N) is 1. The van der Waals surface area contributed by atoms with Crippen LogP contribution < -0.4 is 4.90 Å². The maximum Gasteiger partial charge on any atom is 0.417 e. The van der Waals surface area contributed by atoms with Crippen molar-refractivity contribution in [3.63, 3.8) is 0 Å². The molecule has 24 heavy (non-hydrogen) atoms. The maximum absolute atomic E-state index is 13.1. The van der Waals surface area contributed by atoms with Crippen molar-refractivity contribution in [3.8, 4) is 0 Å². The van der Waals surface area contributed by atoms with Crippen LogP contribution in [0.5, 0.6) is 0 Å². The quantitative estimate of drug-likeness (QED) is 0.479. The lowest BCUT2D eigenvalue weighted by Crippen LogP contribution is -2.26. The van der Waals surface area contributed by atoms with E-state index in [9.17, 15) is 13.2 Å². The Bertz CT molecular complexity index is 734. The standard InChI is InChI=1S/C17H15BrCl2F3N/c1-3-24(10(2)11-4-6-16(20)14(18)8-11)12-5-7-15(19)13(9-12)17(21,22)23/h4-10H,3H2,1-2H3. The van der Waals surface area contributed by atoms with E-state index >= 15 is 0 Å². The van der Waals surface area contributed by atoms with Crippen LogP contribution in [0.25, 0.3) is 0 Å². The topological polar surface area (TPSA) is 3.24 Å². The van der Waals surface area contributed by atoms with Gasteiger partial charge in [-0.2, -0.15) is 13.2 Å². The zero-order valence-electron chi connectivity index (χ0n) is 13.0. The Balaban J connectivity index is 2.42. The highest BCUT2D eigenvalue weighted by atomic mass is 79.9. The van der Waals surface area contributed by atoms with Gasteiger partial charge in [-0.05, 0) is 65.7 Å². The minimum Gasteiger partial charge on any atom is -0.365 e. The fourth-order valence-electron chi connectivity index (χ4n) is 2.54. The molecule has 2 rings (SSSR count). The molecule has 0 radical (unpaired) electrons. The highest BCUT2D eigenvalue weighted by Crippen LogP contribution is 2.38. The van der Waals surface area contributed by atoms with E-state index in [1.165, 1.54) is 6.07 Å². The first-order valence-electron chi connectivity index (χ1n) is 7.23. The number of anilines is 1. The third-order valence-electron chi connectivity index (χ3n) is 3.82. The van der Waals surface area contributed by atoms with Crippen molar-refractivity contribution >= 4 is 44.8 Å². The smallest absolute Gasteiger partial charge is 0.365 e. The molecular weight excluding hydrogens is 426 g/mol. The highest BCUT2D eigenvalue weighted by molar-refractivity contribution is 9.10. The molecule has 0 aliphatic rings. The second kappa shape index (κ2) is 7.54. The zero-order chi connectivity index (χ0) is 18.1. The van der Waals surface area contributed by atoms with E-state index in [1.807, 2.05) is 30.9 Å². The van der Waals surface area contributed by atoms with E-state index in [0.29, 0.717) is 17.3 Å². The summed E-state index contributed by atoms with van der Waals surface area (Å²) >= 11 is 15.1. The van der Waals surface area contributed by atoms with Crippen LogP contribution in [0.1, 0.15) is 31.0 Å². The molecule has 0 saturated carbocycles. The molecule has 2 aromatic carbocycles. The highest BCUT2D eigenvalue weighted by Gasteiger charge is 2.34. The maximum atomic E-state index is 13.1. The van der Waals surface area contributed by atoms with Crippen molar-refractivity contribution in [1.82, 2.24) is 0 Å². The Morgan fingerprint density at radius 1 is 1.08 bits per heavy atom. The molecule has 130 valence electrons. The lowest BCUT2D eigenvalue weighted by Gasteiger charge is -2.31. The van der Waals surface area contributed by atoms with Crippen molar-refractivity contribution in [2.45, 2.75) is 26.1 Å². The first kappa shape index (κ1) is 19.4. The van der Waals surface area contributed by atoms with Crippen molar-refractivity contribution in [3.05, 3.63) is 62.0 Å². The number of hydrogen-bond acceptors (Lipinski definition) is 1. The normalized spacial score (nSPS) is 13.0. The minimum absolute atomic E-state index is 0.133. The number of alkyl halides is 3. The van der Waals surface area contributed by atoms with E-state index in [2.05, 4.69) is 15.9 Å². The summed E-state index contributed by atoms with van der Waals surface area (Å²) in [7, 11) is 0. The fourth-order valence-corrected chi connectivity index (χ4v) is 3.28. The average molecular weight is 441 g/mol. The number of rotatable bonds is 4. The summed E-state index contributed by atoms with van der Waals surface area (Å²) in [6, 6.07) is 9.33. The zero-order valence-corrected chi connectivity index (χ0v) is 16.1. The predicted molar refractivity (Wildman–Crippen MR) is 97.0 cm³/mol.